The van der Waals surface area contributed by atoms with E-state index in [1.807, 2.05) is 18.2 Å². The monoisotopic (exact) mass is 378 g/mol. The van der Waals surface area contributed by atoms with Crippen LogP contribution < -0.4 is 5.56 Å². The average Bonchev–Trinajstić information content (AvgIpc) is 3.01. The third kappa shape index (κ3) is 3.69. The number of esters is 1. The molecule has 0 bridgehead atoms. The third-order valence-corrected chi connectivity index (χ3v) is 4.86. The van der Waals surface area contributed by atoms with Crippen LogP contribution in [0.3, 0.4) is 0 Å². The zero-order valence-electron chi connectivity index (χ0n) is 13.6. The smallest absolute Gasteiger partial charge is 0.316 e. The highest BCUT2D eigenvalue weighted by Crippen LogP contribution is 2.19. The van der Waals surface area contributed by atoms with Gasteiger partial charge in [-0.25, -0.2) is 4.98 Å². The van der Waals surface area contributed by atoms with Crippen LogP contribution in [0.4, 0.5) is 0 Å². The van der Waals surface area contributed by atoms with Crippen LogP contribution in [-0.4, -0.2) is 38.4 Å². The van der Waals surface area contributed by atoms with E-state index in [1.54, 1.807) is 13.0 Å². The van der Waals surface area contributed by atoms with Gasteiger partial charge in [-0.1, -0.05) is 41.6 Å². The van der Waals surface area contributed by atoms with Gasteiger partial charge in [0.1, 0.15) is 0 Å². The fourth-order valence-electron chi connectivity index (χ4n) is 2.32. The third-order valence-electron chi connectivity index (χ3n) is 3.65. The molecule has 0 saturated heterocycles. The van der Waals surface area contributed by atoms with Crippen LogP contribution in [0.5, 0.6) is 0 Å². The number of ether oxygens (including phenoxy) is 1. The summed E-state index contributed by atoms with van der Waals surface area (Å²) in [6, 6.07) is 7.37. The van der Waals surface area contributed by atoms with E-state index in [0.29, 0.717) is 27.9 Å². The van der Waals surface area contributed by atoms with Crippen molar-refractivity contribution in [3.8, 4) is 0 Å². The molecule has 0 spiro atoms. The second kappa shape index (κ2) is 7.28. The van der Waals surface area contributed by atoms with Gasteiger partial charge in [-0.05, 0) is 18.6 Å². The van der Waals surface area contributed by atoms with E-state index in [2.05, 4.69) is 19.8 Å². The molecule has 0 atom stereocenters. The number of fused-ring (bicyclic) bond motifs is 1. The molecular formula is C16H15ClN4O3S. The topological polar surface area (TPSA) is 89.3 Å². The van der Waals surface area contributed by atoms with E-state index in [4.69, 9.17) is 11.6 Å². The van der Waals surface area contributed by atoms with E-state index in [9.17, 15) is 9.59 Å². The number of aromatic nitrogens is 4. The number of aromatic amines is 1. The van der Waals surface area contributed by atoms with E-state index < -0.39 is 0 Å². The molecule has 1 N–H and O–H groups in total. The maximum atomic E-state index is 12.8. The van der Waals surface area contributed by atoms with E-state index >= 15 is 0 Å². The fraction of sp³-hybridized carbons (Fsp3) is 0.250. The first-order valence-corrected chi connectivity index (χ1v) is 8.77. The molecule has 9 heteroatoms. The second-order valence-corrected chi connectivity index (χ2v) is 6.65. The molecule has 0 saturated carbocycles. The van der Waals surface area contributed by atoms with Crippen molar-refractivity contribution in [2.24, 2.45) is 0 Å². The molecule has 0 amide bonds. The van der Waals surface area contributed by atoms with Crippen LogP contribution in [0.2, 0.25) is 5.02 Å². The molecule has 3 rings (SSSR count). The first kappa shape index (κ1) is 17.5. The minimum absolute atomic E-state index is 0.0938. The number of rotatable bonds is 5. The quantitative estimate of drug-likeness (QED) is 0.541. The number of hydrogen-bond acceptors (Lipinski definition) is 6. The molecule has 3 aromatic rings. The Morgan fingerprint density at radius 2 is 2.12 bits per heavy atom. The number of hydrogen-bond donors (Lipinski definition) is 1. The molecule has 0 radical (unpaired) electrons. The molecule has 0 unspecified atom stereocenters. The van der Waals surface area contributed by atoms with Crippen molar-refractivity contribution in [3.63, 3.8) is 0 Å². The number of benzene rings is 1. The zero-order valence-corrected chi connectivity index (χ0v) is 15.1. The van der Waals surface area contributed by atoms with Gasteiger partial charge < -0.3 is 4.74 Å². The number of carbonyl (C=O) groups is 1. The molecule has 0 aliphatic carbocycles. The van der Waals surface area contributed by atoms with Gasteiger partial charge >= 0.3 is 5.97 Å². The Morgan fingerprint density at radius 1 is 1.36 bits per heavy atom. The van der Waals surface area contributed by atoms with Crippen molar-refractivity contribution < 1.29 is 9.53 Å². The lowest BCUT2D eigenvalue weighted by Gasteiger charge is -2.06. The van der Waals surface area contributed by atoms with Gasteiger partial charge in [0.05, 0.1) is 18.6 Å². The number of methoxy groups -OCH3 is 1. The molecule has 0 aliphatic rings. The van der Waals surface area contributed by atoms with Gasteiger partial charge in [-0.2, -0.15) is 9.50 Å². The first-order chi connectivity index (χ1) is 12.0. The molecule has 130 valence electrons. The van der Waals surface area contributed by atoms with Crippen LogP contribution >= 0.6 is 23.4 Å². The molecule has 0 aliphatic heterocycles. The van der Waals surface area contributed by atoms with Crippen molar-refractivity contribution in [3.05, 3.63) is 56.5 Å². The van der Waals surface area contributed by atoms with Crippen molar-refractivity contribution in [2.75, 3.05) is 12.9 Å². The van der Waals surface area contributed by atoms with Gasteiger partial charge in [0.25, 0.3) is 11.3 Å². The Labute approximate surface area is 152 Å². The lowest BCUT2D eigenvalue weighted by Crippen LogP contribution is -2.22. The molecule has 2 heterocycles. The zero-order chi connectivity index (χ0) is 18.0. The van der Waals surface area contributed by atoms with Gasteiger partial charge in [0.2, 0.25) is 0 Å². The Bertz CT molecular complexity index is 999. The fourth-order valence-corrected chi connectivity index (χ4v) is 3.20. The van der Waals surface area contributed by atoms with E-state index in [0.717, 1.165) is 17.3 Å². The second-order valence-electron chi connectivity index (χ2n) is 5.28. The lowest BCUT2D eigenvalue weighted by molar-refractivity contribution is -0.137. The molecule has 1 aromatic carbocycles. The van der Waals surface area contributed by atoms with Crippen molar-refractivity contribution in [1.82, 2.24) is 19.6 Å². The van der Waals surface area contributed by atoms with Crippen LogP contribution in [0.1, 0.15) is 16.8 Å². The minimum atomic E-state index is -0.374. The van der Waals surface area contributed by atoms with Crippen molar-refractivity contribution >= 4 is 35.1 Å². The standard InChI is InChI=1S/C16H15ClN4O3S/c1-9-11(7-10-5-3-4-6-12(10)17)14(23)21-15(18-9)19-16(20-21)25-8-13(22)24-2/h3-6H,7-8H2,1-2H3,(H,18,19,20). The lowest BCUT2D eigenvalue weighted by atomic mass is 10.1. The van der Waals surface area contributed by atoms with Crippen molar-refractivity contribution in [1.29, 1.82) is 0 Å². The number of H-pyrrole nitrogens is 1. The SMILES string of the molecule is COC(=O)CSc1nc2nc(C)c(Cc3ccccc3Cl)c(=O)n2[nH]1. The summed E-state index contributed by atoms with van der Waals surface area (Å²) >= 11 is 7.33. The van der Waals surface area contributed by atoms with Gasteiger partial charge in [0.15, 0.2) is 5.16 Å². The van der Waals surface area contributed by atoms with Gasteiger partial charge in [0, 0.05) is 17.0 Å². The number of aryl methyl sites for hydroxylation is 1. The van der Waals surface area contributed by atoms with E-state index in [1.165, 1.54) is 11.6 Å². The number of nitrogens with zero attached hydrogens (tertiary/aromatic N) is 3. The van der Waals surface area contributed by atoms with Gasteiger partial charge in [-0.3, -0.25) is 14.7 Å². The number of nitrogens with one attached hydrogen (secondary N) is 1. The predicted octanol–water partition coefficient (Wildman–Crippen LogP) is 2.24. The first-order valence-electron chi connectivity index (χ1n) is 7.41. The highest BCUT2D eigenvalue weighted by Gasteiger charge is 2.15. The minimum Gasteiger partial charge on any atom is -0.468 e. The molecular weight excluding hydrogens is 364 g/mol. The largest absolute Gasteiger partial charge is 0.468 e. The van der Waals surface area contributed by atoms with Crippen LogP contribution in [0.15, 0.2) is 34.2 Å². The molecule has 0 fully saturated rings. The van der Waals surface area contributed by atoms with Crippen LogP contribution in [0, 0.1) is 6.92 Å². The summed E-state index contributed by atoms with van der Waals surface area (Å²) in [6.07, 6.45) is 0.379. The predicted molar refractivity (Wildman–Crippen MR) is 95.3 cm³/mol. The average molecular weight is 379 g/mol. The summed E-state index contributed by atoms with van der Waals surface area (Å²) in [6.45, 7) is 1.77. The van der Waals surface area contributed by atoms with E-state index in [-0.39, 0.29) is 23.1 Å². The number of carbonyl (C=O) groups excluding carboxylic acids is 1. The highest BCUT2D eigenvalue weighted by atomic mass is 35.5. The highest BCUT2D eigenvalue weighted by molar-refractivity contribution is 7.99. The Hall–Kier alpha value is -2.32. The summed E-state index contributed by atoms with van der Waals surface area (Å²) in [5.74, 6) is -0.0181. The molecule has 2 aromatic heterocycles. The van der Waals surface area contributed by atoms with Crippen molar-refractivity contribution in [2.45, 2.75) is 18.5 Å². The summed E-state index contributed by atoms with van der Waals surface area (Å²) < 4.78 is 5.86. The maximum Gasteiger partial charge on any atom is 0.316 e. The Kier molecular flexibility index (Phi) is 5.10. The van der Waals surface area contributed by atoms with Crippen LogP contribution in [0.25, 0.3) is 5.78 Å². The molecule has 25 heavy (non-hydrogen) atoms. The molecule has 7 nitrogen and oxygen atoms in total. The summed E-state index contributed by atoms with van der Waals surface area (Å²) in [5, 5.41) is 3.89. The Morgan fingerprint density at radius 3 is 2.84 bits per heavy atom. The Balaban J connectivity index is 1.96. The van der Waals surface area contributed by atoms with Gasteiger partial charge in [-0.15, -0.1) is 0 Å². The summed E-state index contributed by atoms with van der Waals surface area (Å²) in [4.78, 5) is 32.6. The number of halogens is 1. The van der Waals surface area contributed by atoms with Crippen LogP contribution in [-0.2, 0) is 16.0 Å². The summed E-state index contributed by atoms with van der Waals surface area (Å²) in [5.41, 5.74) is 1.76. The summed E-state index contributed by atoms with van der Waals surface area (Å²) in [7, 11) is 1.32. The normalized spacial score (nSPS) is 11.0. The maximum absolute atomic E-state index is 12.8. The number of thioether (sulfide) groups is 1.